The predicted octanol–water partition coefficient (Wildman–Crippen LogP) is 0.375. The summed E-state index contributed by atoms with van der Waals surface area (Å²) in [7, 11) is 0. The molecule has 0 aromatic carbocycles. The normalized spacial score (nSPS) is 19.1. The van der Waals surface area contributed by atoms with E-state index in [-0.39, 0.29) is 6.61 Å². The highest BCUT2D eigenvalue weighted by Crippen LogP contribution is 2.09. The van der Waals surface area contributed by atoms with Gasteiger partial charge in [0.25, 0.3) is 0 Å². The van der Waals surface area contributed by atoms with E-state index in [0.717, 1.165) is 19.6 Å². The first-order valence-electron chi connectivity index (χ1n) is 7.09. The van der Waals surface area contributed by atoms with Crippen molar-refractivity contribution >= 4 is 0 Å². The Bertz CT molecular complexity index is 178. The number of likely N-dealkylation sites (N-methyl/N-ethyl adjacent to an activating group) is 1. The molecule has 0 bridgehead atoms. The molecule has 4 heteroatoms. The summed E-state index contributed by atoms with van der Waals surface area (Å²) in [6.07, 6.45) is 2.44. The molecule has 0 atom stereocenters. The molecule has 0 aromatic rings. The Kier molecular flexibility index (Phi) is 7.77. The quantitative estimate of drug-likeness (QED) is 0.646. The summed E-state index contributed by atoms with van der Waals surface area (Å²) in [6, 6.07) is 0.617. The van der Waals surface area contributed by atoms with Crippen molar-refractivity contribution in [3.05, 3.63) is 0 Å². The molecule has 4 nitrogen and oxygen atoms in total. The van der Waals surface area contributed by atoms with Gasteiger partial charge in [0.1, 0.15) is 0 Å². The molecule has 0 saturated carbocycles. The number of aliphatic hydroxyl groups excluding tert-OH is 1. The molecule has 1 rings (SSSR count). The number of hydrogen-bond donors (Lipinski definition) is 2. The van der Waals surface area contributed by atoms with E-state index in [9.17, 15) is 0 Å². The first-order chi connectivity index (χ1) is 8.30. The van der Waals surface area contributed by atoms with Crippen LogP contribution in [-0.4, -0.2) is 73.4 Å². The molecule has 0 aromatic heterocycles. The van der Waals surface area contributed by atoms with Crippen LogP contribution in [0.2, 0.25) is 0 Å². The zero-order valence-corrected chi connectivity index (χ0v) is 11.5. The third kappa shape index (κ3) is 5.82. The topological polar surface area (TPSA) is 38.7 Å². The Balaban J connectivity index is 2.10. The second kappa shape index (κ2) is 8.86. The molecular formula is C13H29N3O. The van der Waals surface area contributed by atoms with Crippen LogP contribution in [-0.2, 0) is 0 Å². The van der Waals surface area contributed by atoms with Gasteiger partial charge in [-0.2, -0.15) is 0 Å². The molecular weight excluding hydrogens is 214 g/mol. The standard InChI is InChI=1S/C13H29N3O/c1-3-15(4-2)10-11-16-8-5-13(6-9-16)14-7-12-17/h13-14,17H,3-12H2,1-2H3. The van der Waals surface area contributed by atoms with E-state index < -0.39 is 0 Å². The summed E-state index contributed by atoms with van der Waals surface area (Å²) in [6.45, 7) is 12.6. The molecule has 2 N–H and O–H groups in total. The van der Waals surface area contributed by atoms with Gasteiger partial charge in [0.15, 0.2) is 0 Å². The fourth-order valence-corrected chi connectivity index (χ4v) is 2.45. The summed E-state index contributed by atoms with van der Waals surface area (Å²) >= 11 is 0. The van der Waals surface area contributed by atoms with Crippen LogP contribution in [0.1, 0.15) is 26.7 Å². The third-order valence-corrected chi connectivity index (χ3v) is 3.76. The monoisotopic (exact) mass is 243 g/mol. The van der Waals surface area contributed by atoms with E-state index >= 15 is 0 Å². The number of aliphatic hydroxyl groups is 1. The number of rotatable bonds is 8. The maximum absolute atomic E-state index is 8.77. The summed E-state index contributed by atoms with van der Waals surface area (Å²) in [5, 5.41) is 12.2. The van der Waals surface area contributed by atoms with E-state index in [2.05, 4.69) is 29.0 Å². The van der Waals surface area contributed by atoms with Crippen molar-refractivity contribution in [2.45, 2.75) is 32.7 Å². The molecule has 0 spiro atoms. The molecule has 0 radical (unpaired) electrons. The maximum Gasteiger partial charge on any atom is 0.0556 e. The molecule has 1 aliphatic heterocycles. The fraction of sp³-hybridized carbons (Fsp3) is 1.00. The van der Waals surface area contributed by atoms with Crippen molar-refractivity contribution < 1.29 is 5.11 Å². The van der Waals surface area contributed by atoms with E-state index in [1.807, 2.05) is 0 Å². The Morgan fingerprint density at radius 1 is 1.24 bits per heavy atom. The van der Waals surface area contributed by atoms with Gasteiger partial charge in [0.2, 0.25) is 0 Å². The minimum absolute atomic E-state index is 0.252. The van der Waals surface area contributed by atoms with Crippen LogP contribution in [0.25, 0.3) is 0 Å². The zero-order valence-electron chi connectivity index (χ0n) is 11.5. The van der Waals surface area contributed by atoms with Crippen LogP contribution in [0.3, 0.4) is 0 Å². The summed E-state index contributed by atoms with van der Waals surface area (Å²) in [4.78, 5) is 5.05. The van der Waals surface area contributed by atoms with Gasteiger partial charge in [-0.15, -0.1) is 0 Å². The van der Waals surface area contributed by atoms with Crippen LogP contribution in [0, 0.1) is 0 Å². The van der Waals surface area contributed by atoms with Gasteiger partial charge in [0.05, 0.1) is 6.61 Å². The largest absolute Gasteiger partial charge is 0.395 e. The average molecular weight is 243 g/mol. The number of nitrogens with one attached hydrogen (secondary N) is 1. The van der Waals surface area contributed by atoms with E-state index in [1.54, 1.807) is 0 Å². The van der Waals surface area contributed by atoms with Crippen molar-refractivity contribution in [3.63, 3.8) is 0 Å². The summed E-state index contributed by atoms with van der Waals surface area (Å²) in [5.74, 6) is 0. The molecule has 102 valence electrons. The van der Waals surface area contributed by atoms with Gasteiger partial charge >= 0.3 is 0 Å². The molecule has 1 aliphatic rings. The van der Waals surface area contributed by atoms with Crippen molar-refractivity contribution in [3.8, 4) is 0 Å². The summed E-state index contributed by atoms with van der Waals surface area (Å²) < 4.78 is 0. The van der Waals surface area contributed by atoms with Crippen molar-refractivity contribution in [2.75, 3.05) is 52.4 Å². The van der Waals surface area contributed by atoms with Crippen LogP contribution in [0.4, 0.5) is 0 Å². The highest BCUT2D eigenvalue weighted by atomic mass is 16.3. The summed E-state index contributed by atoms with van der Waals surface area (Å²) in [5.41, 5.74) is 0. The number of piperidine rings is 1. The van der Waals surface area contributed by atoms with Gasteiger partial charge in [-0.3, -0.25) is 0 Å². The van der Waals surface area contributed by atoms with E-state index in [1.165, 1.54) is 39.0 Å². The van der Waals surface area contributed by atoms with E-state index in [0.29, 0.717) is 6.04 Å². The Hall–Kier alpha value is -0.160. The number of nitrogens with zero attached hydrogens (tertiary/aromatic N) is 2. The smallest absolute Gasteiger partial charge is 0.0556 e. The molecule has 1 fully saturated rings. The lowest BCUT2D eigenvalue weighted by Gasteiger charge is -2.33. The van der Waals surface area contributed by atoms with E-state index in [4.69, 9.17) is 5.11 Å². The third-order valence-electron chi connectivity index (χ3n) is 3.76. The van der Waals surface area contributed by atoms with Crippen LogP contribution >= 0.6 is 0 Å². The molecule has 0 amide bonds. The molecule has 0 unspecified atom stereocenters. The Labute approximate surface area is 106 Å². The SMILES string of the molecule is CCN(CC)CCN1CCC(NCCO)CC1. The molecule has 17 heavy (non-hydrogen) atoms. The average Bonchev–Trinajstić information content (AvgIpc) is 2.39. The van der Waals surface area contributed by atoms with Crippen molar-refractivity contribution in [2.24, 2.45) is 0 Å². The van der Waals surface area contributed by atoms with Gasteiger partial charge in [0, 0.05) is 25.7 Å². The first kappa shape index (κ1) is 14.9. The highest BCUT2D eigenvalue weighted by Gasteiger charge is 2.18. The van der Waals surface area contributed by atoms with Gasteiger partial charge in [-0.25, -0.2) is 0 Å². The fourth-order valence-electron chi connectivity index (χ4n) is 2.45. The molecule has 1 heterocycles. The number of likely N-dealkylation sites (tertiary alicyclic amines) is 1. The first-order valence-corrected chi connectivity index (χ1v) is 7.09. The predicted molar refractivity (Wildman–Crippen MR) is 72.3 cm³/mol. The lowest BCUT2D eigenvalue weighted by atomic mass is 10.1. The highest BCUT2D eigenvalue weighted by molar-refractivity contribution is 4.77. The minimum Gasteiger partial charge on any atom is -0.395 e. The Morgan fingerprint density at radius 3 is 2.41 bits per heavy atom. The zero-order chi connectivity index (χ0) is 12.5. The minimum atomic E-state index is 0.252. The molecule has 1 saturated heterocycles. The van der Waals surface area contributed by atoms with Crippen LogP contribution in [0.15, 0.2) is 0 Å². The second-order valence-corrected chi connectivity index (χ2v) is 4.82. The lowest BCUT2D eigenvalue weighted by Crippen LogP contribution is -2.45. The Morgan fingerprint density at radius 2 is 1.88 bits per heavy atom. The van der Waals surface area contributed by atoms with Crippen LogP contribution in [0.5, 0.6) is 0 Å². The molecule has 0 aliphatic carbocycles. The van der Waals surface area contributed by atoms with Gasteiger partial charge < -0.3 is 20.2 Å². The van der Waals surface area contributed by atoms with Crippen LogP contribution < -0.4 is 5.32 Å². The van der Waals surface area contributed by atoms with Gasteiger partial charge in [-0.1, -0.05) is 13.8 Å². The maximum atomic E-state index is 8.77. The van der Waals surface area contributed by atoms with Gasteiger partial charge in [-0.05, 0) is 39.0 Å². The lowest BCUT2D eigenvalue weighted by molar-refractivity contribution is 0.166. The van der Waals surface area contributed by atoms with Crippen molar-refractivity contribution in [1.29, 1.82) is 0 Å². The number of hydrogen-bond acceptors (Lipinski definition) is 4. The van der Waals surface area contributed by atoms with Crippen molar-refractivity contribution in [1.82, 2.24) is 15.1 Å². The second-order valence-electron chi connectivity index (χ2n) is 4.82.